The number of hydrogen-bond acceptors (Lipinski definition) is 6. The van der Waals surface area contributed by atoms with Crippen molar-refractivity contribution in [2.45, 2.75) is 19.1 Å². The summed E-state index contributed by atoms with van der Waals surface area (Å²) in [6, 6.07) is -0.402. The van der Waals surface area contributed by atoms with Crippen molar-refractivity contribution in [3.63, 3.8) is 0 Å². The number of rotatable bonds is 3. The zero-order chi connectivity index (χ0) is 18.9. The number of piperazine rings is 1. The predicted octanol–water partition coefficient (Wildman–Crippen LogP) is 1.88. The Labute approximate surface area is 151 Å². The Morgan fingerprint density at radius 1 is 1.27 bits per heavy atom. The quantitative estimate of drug-likeness (QED) is 0.867. The van der Waals surface area contributed by atoms with Crippen LogP contribution in [0.1, 0.15) is 23.5 Å². The topological polar surface area (TPSA) is 79.2 Å². The average molecular weight is 389 g/mol. The molecule has 1 N–H and O–H groups in total. The highest BCUT2D eigenvalue weighted by Crippen LogP contribution is 2.34. The number of aryl methyl sites for hydroxylation is 1. The third kappa shape index (κ3) is 4.06. The lowest BCUT2D eigenvalue weighted by atomic mass is 10.2. The third-order valence-electron chi connectivity index (χ3n) is 4.06. The van der Waals surface area contributed by atoms with Crippen molar-refractivity contribution in [2.75, 3.05) is 31.1 Å². The first-order valence-electron chi connectivity index (χ1n) is 7.93. The van der Waals surface area contributed by atoms with Gasteiger partial charge in [0.1, 0.15) is 0 Å². The molecule has 2 aromatic rings. The van der Waals surface area contributed by atoms with Gasteiger partial charge in [0.05, 0.1) is 12.2 Å². The van der Waals surface area contributed by atoms with E-state index in [1.54, 1.807) is 27.7 Å². The van der Waals surface area contributed by atoms with Gasteiger partial charge in [-0.1, -0.05) is 11.3 Å². The Bertz CT molecular complexity index is 767. The maximum Gasteiger partial charge on any atom is 0.445 e. The number of carbonyl (C=O) groups excluding carboxylic acids is 1. The summed E-state index contributed by atoms with van der Waals surface area (Å²) >= 11 is 0.517. The molecule has 0 radical (unpaired) electrons. The van der Waals surface area contributed by atoms with Crippen LogP contribution in [0.4, 0.5) is 23.1 Å². The number of amides is 2. The van der Waals surface area contributed by atoms with Crippen LogP contribution in [0, 0.1) is 0 Å². The van der Waals surface area contributed by atoms with Crippen LogP contribution < -0.4 is 10.2 Å². The monoisotopic (exact) mass is 389 g/mol. The standard InChI is InChI=1S/C14H18F3N7OS/c1-9(10-7-18-22(2)8-10)19-12(25)23-3-5-24(6-4-23)13-21-20-11(26-13)14(15,16)17/h7-9H,3-6H2,1-2H3,(H,19,25)/t9-/m0/s1. The Kier molecular flexibility index (Phi) is 5.03. The molecule has 2 aromatic heterocycles. The Balaban J connectivity index is 1.53. The second-order valence-corrected chi connectivity index (χ2v) is 6.94. The molecule has 1 aliphatic rings. The van der Waals surface area contributed by atoms with E-state index in [2.05, 4.69) is 20.6 Å². The fourth-order valence-corrected chi connectivity index (χ4v) is 3.35. The maximum atomic E-state index is 12.6. The second-order valence-electron chi connectivity index (χ2n) is 5.98. The number of hydrogen-bond donors (Lipinski definition) is 1. The van der Waals surface area contributed by atoms with Crippen molar-refractivity contribution in [2.24, 2.45) is 7.05 Å². The first kappa shape index (κ1) is 18.4. The molecule has 1 atom stereocenters. The summed E-state index contributed by atoms with van der Waals surface area (Å²) in [5.41, 5.74) is 0.896. The molecule has 26 heavy (non-hydrogen) atoms. The fraction of sp³-hybridized carbons (Fsp3) is 0.571. The van der Waals surface area contributed by atoms with Crippen LogP contribution in [0.5, 0.6) is 0 Å². The summed E-state index contributed by atoms with van der Waals surface area (Å²) in [6.07, 6.45) is -0.965. The molecule has 0 saturated carbocycles. The fourth-order valence-electron chi connectivity index (χ4n) is 2.58. The molecule has 1 fully saturated rings. The molecular formula is C14H18F3N7OS. The van der Waals surface area contributed by atoms with Gasteiger partial charge in [-0.05, 0) is 6.92 Å². The number of nitrogens with zero attached hydrogens (tertiary/aromatic N) is 6. The number of alkyl halides is 3. The summed E-state index contributed by atoms with van der Waals surface area (Å²) in [5, 5.41) is 13.0. The van der Waals surface area contributed by atoms with Crippen LogP contribution in [0.15, 0.2) is 12.4 Å². The zero-order valence-corrected chi connectivity index (χ0v) is 15.0. The Hall–Kier alpha value is -2.37. The van der Waals surface area contributed by atoms with Gasteiger partial charge in [0.2, 0.25) is 10.1 Å². The van der Waals surface area contributed by atoms with Crippen molar-refractivity contribution in [3.8, 4) is 0 Å². The number of urea groups is 1. The first-order valence-corrected chi connectivity index (χ1v) is 8.75. The van der Waals surface area contributed by atoms with Crippen LogP contribution in [0.2, 0.25) is 0 Å². The molecule has 0 aliphatic carbocycles. The van der Waals surface area contributed by atoms with E-state index in [0.29, 0.717) is 37.5 Å². The molecule has 3 rings (SSSR count). The van der Waals surface area contributed by atoms with Gasteiger partial charge < -0.3 is 15.1 Å². The van der Waals surface area contributed by atoms with Crippen molar-refractivity contribution in [1.29, 1.82) is 0 Å². The molecule has 3 heterocycles. The molecule has 0 spiro atoms. The van der Waals surface area contributed by atoms with Gasteiger partial charge in [-0.3, -0.25) is 4.68 Å². The molecule has 0 bridgehead atoms. The molecular weight excluding hydrogens is 371 g/mol. The summed E-state index contributed by atoms with van der Waals surface area (Å²) in [4.78, 5) is 15.7. The summed E-state index contributed by atoms with van der Waals surface area (Å²) in [6.45, 7) is 3.46. The van der Waals surface area contributed by atoms with Gasteiger partial charge >= 0.3 is 12.2 Å². The molecule has 0 unspecified atom stereocenters. The lowest BCUT2D eigenvalue weighted by Gasteiger charge is -2.34. The van der Waals surface area contributed by atoms with Gasteiger partial charge in [-0.15, -0.1) is 10.2 Å². The van der Waals surface area contributed by atoms with Crippen molar-refractivity contribution in [1.82, 2.24) is 30.2 Å². The number of carbonyl (C=O) groups is 1. The average Bonchev–Trinajstić information content (AvgIpc) is 3.23. The normalized spacial score (nSPS) is 16.7. The van der Waals surface area contributed by atoms with Crippen LogP contribution in [0.25, 0.3) is 0 Å². The molecule has 1 saturated heterocycles. The summed E-state index contributed by atoms with van der Waals surface area (Å²) < 4.78 is 39.5. The van der Waals surface area contributed by atoms with Gasteiger partial charge in [-0.2, -0.15) is 18.3 Å². The minimum absolute atomic E-state index is 0.188. The number of nitrogens with one attached hydrogen (secondary N) is 1. The van der Waals surface area contributed by atoms with E-state index in [0.717, 1.165) is 5.56 Å². The highest BCUT2D eigenvalue weighted by Gasteiger charge is 2.36. The van der Waals surface area contributed by atoms with E-state index in [-0.39, 0.29) is 17.2 Å². The first-order chi connectivity index (χ1) is 12.2. The van der Waals surface area contributed by atoms with Gasteiger partial charge in [-0.25, -0.2) is 4.79 Å². The van der Waals surface area contributed by atoms with E-state index >= 15 is 0 Å². The van der Waals surface area contributed by atoms with E-state index in [1.165, 1.54) is 0 Å². The van der Waals surface area contributed by atoms with Crippen LogP contribution >= 0.6 is 11.3 Å². The van der Waals surface area contributed by atoms with E-state index in [1.807, 2.05) is 13.1 Å². The lowest BCUT2D eigenvalue weighted by Crippen LogP contribution is -2.52. The Morgan fingerprint density at radius 3 is 2.50 bits per heavy atom. The molecule has 12 heteroatoms. The lowest BCUT2D eigenvalue weighted by molar-refractivity contribution is -0.138. The van der Waals surface area contributed by atoms with Gasteiger partial charge in [0.15, 0.2) is 0 Å². The Morgan fingerprint density at radius 2 is 1.96 bits per heavy atom. The summed E-state index contributed by atoms with van der Waals surface area (Å²) in [5.74, 6) is 0. The highest BCUT2D eigenvalue weighted by atomic mass is 32.1. The maximum absolute atomic E-state index is 12.6. The number of anilines is 1. The number of halogens is 3. The molecule has 0 aromatic carbocycles. The number of aromatic nitrogens is 4. The molecule has 1 aliphatic heterocycles. The minimum atomic E-state index is -4.49. The van der Waals surface area contributed by atoms with Crippen molar-refractivity contribution >= 4 is 22.5 Å². The molecule has 142 valence electrons. The van der Waals surface area contributed by atoms with Crippen LogP contribution in [-0.4, -0.2) is 57.1 Å². The third-order valence-corrected chi connectivity index (χ3v) is 5.09. The predicted molar refractivity (Wildman–Crippen MR) is 88.9 cm³/mol. The largest absolute Gasteiger partial charge is 0.445 e. The van der Waals surface area contributed by atoms with Crippen LogP contribution in [0.3, 0.4) is 0 Å². The van der Waals surface area contributed by atoms with Crippen molar-refractivity contribution in [3.05, 3.63) is 23.0 Å². The van der Waals surface area contributed by atoms with E-state index < -0.39 is 11.2 Å². The van der Waals surface area contributed by atoms with Crippen molar-refractivity contribution < 1.29 is 18.0 Å². The van der Waals surface area contributed by atoms with Gasteiger partial charge in [0.25, 0.3) is 0 Å². The highest BCUT2D eigenvalue weighted by molar-refractivity contribution is 7.15. The molecule has 8 nitrogen and oxygen atoms in total. The minimum Gasteiger partial charge on any atom is -0.343 e. The molecule has 2 amide bonds. The van der Waals surface area contributed by atoms with Gasteiger partial charge in [0, 0.05) is 45.0 Å². The zero-order valence-electron chi connectivity index (χ0n) is 14.2. The second kappa shape index (κ2) is 7.09. The van der Waals surface area contributed by atoms with Crippen LogP contribution in [-0.2, 0) is 13.2 Å². The smallest absolute Gasteiger partial charge is 0.343 e. The van der Waals surface area contributed by atoms with E-state index in [9.17, 15) is 18.0 Å². The summed E-state index contributed by atoms with van der Waals surface area (Å²) in [7, 11) is 1.80. The SMILES string of the molecule is C[C@H](NC(=O)N1CCN(c2nnc(C(F)(F)F)s2)CC1)c1cnn(C)c1. The van der Waals surface area contributed by atoms with E-state index in [4.69, 9.17) is 0 Å².